The highest BCUT2D eigenvalue weighted by molar-refractivity contribution is 7.18. The summed E-state index contributed by atoms with van der Waals surface area (Å²) in [5, 5.41) is 1.55. The third-order valence-corrected chi connectivity index (χ3v) is 5.96. The van der Waals surface area contributed by atoms with Gasteiger partial charge in [0.1, 0.15) is 4.83 Å². The van der Waals surface area contributed by atoms with Crippen LogP contribution in [0.1, 0.15) is 29.3 Å². The van der Waals surface area contributed by atoms with E-state index in [0.29, 0.717) is 17.5 Å². The number of thiophene rings is 1. The van der Waals surface area contributed by atoms with Crippen LogP contribution in [-0.2, 0) is 19.4 Å². The van der Waals surface area contributed by atoms with Crippen molar-refractivity contribution in [2.24, 2.45) is 5.92 Å². The minimum Gasteiger partial charge on any atom is -0.294 e. The fourth-order valence-electron chi connectivity index (χ4n) is 3.27. The largest absolute Gasteiger partial charge is 0.294 e. The molecule has 1 aromatic carbocycles. The van der Waals surface area contributed by atoms with Crippen molar-refractivity contribution in [3.63, 3.8) is 0 Å². The number of halogens is 1. The molecule has 1 aliphatic rings. The first kappa shape index (κ1) is 14.9. The Kier molecular flexibility index (Phi) is 3.74. The lowest BCUT2D eigenvalue weighted by molar-refractivity contribution is 0.509. The maximum atomic E-state index is 12.9. The normalized spacial score (nSPS) is 17.4. The highest BCUT2D eigenvalue weighted by atomic mass is 35.5. The maximum Gasteiger partial charge on any atom is 0.262 e. The molecule has 2 aromatic heterocycles. The molecular weight excluding hydrogens is 328 g/mol. The van der Waals surface area contributed by atoms with Crippen LogP contribution in [0.4, 0.5) is 0 Å². The molecule has 0 fully saturated rings. The zero-order valence-electron chi connectivity index (χ0n) is 12.9. The van der Waals surface area contributed by atoms with Crippen LogP contribution in [0.25, 0.3) is 10.2 Å². The van der Waals surface area contributed by atoms with Crippen LogP contribution in [0.2, 0.25) is 5.02 Å². The fourth-order valence-corrected chi connectivity index (χ4v) is 4.73. The van der Waals surface area contributed by atoms with Gasteiger partial charge < -0.3 is 0 Å². The van der Waals surface area contributed by atoms with Gasteiger partial charge in [-0.1, -0.05) is 30.7 Å². The highest BCUT2D eigenvalue weighted by Gasteiger charge is 2.23. The lowest BCUT2D eigenvalue weighted by Crippen LogP contribution is -2.22. The predicted molar refractivity (Wildman–Crippen MR) is 95.6 cm³/mol. The maximum absolute atomic E-state index is 12.9. The lowest BCUT2D eigenvalue weighted by Gasteiger charge is -2.17. The highest BCUT2D eigenvalue weighted by Crippen LogP contribution is 2.35. The summed E-state index contributed by atoms with van der Waals surface area (Å²) in [5.41, 5.74) is 2.37. The molecule has 0 saturated carbocycles. The van der Waals surface area contributed by atoms with Gasteiger partial charge in [-0.3, -0.25) is 9.36 Å². The molecule has 0 N–H and O–H groups in total. The van der Waals surface area contributed by atoms with Crippen LogP contribution in [0.5, 0.6) is 0 Å². The van der Waals surface area contributed by atoms with Gasteiger partial charge in [0.2, 0.25) is 0 Å². The van der Waals surface area contributed by atoms with Gasteiger partial charge >= 0.3 is 0 Å². The van der Waals surface area contributed by atoms with E-state index < -0.39 is 0 Å². The van der Waals surface area contributed by atoms with Crippen molar-refractivity contribution in [2.75, 3.05) is 0 Å². The SMILES string of the molecule is CC1CCc2c(sc3ncn(Cc4ccc(Cl)cc4)c(=O)c23)C1. The van der Waals surface area contributed by atoms with E-state index in [2.05, 4.69) is 11.9 Å². The molecule has 5 heteroatoms. The van der Waals surface area contributed by atoms with Gasteiger partial charge in [0.15, 0.2) is 0 Å². The average Bonchev–Trinajstić information content (AvgIpc) is 2.90. The molecule has 0 aliphatic heterocycles. The second-order valence-electron chi connectivity index (χ2n) is 6.34. The van der Waals surface area contributed by atoms with Crippen LogP contribution in [0, 0.1) is 5.92 Å². The molecule has 0 amide bonds. The molecular formula is C18H17ClN2OS. The minimum absolute atomic E-state index is 0.0806. The van der Waals surface area contributed by atoms with Crippen LogP contribution in [-0.4, -0.2) is 9.55 Å². The number of nitrogens with zero attached hydrogens (tertiary/aromatic N) is 2. The Hall–Kier alpha value is -1.65. The van der Waals surface area contributed by atoms with E-state index in [-0.39, 0.29) is 5.56 Å². The van der Waals surface area contributed by atoms with E-state index in [1.54, 1.807) is 22.2 Å². The van der Waals surface area contributed by atoms with Crippen LogP contribution in [0.3, 0.4) is 0 Å². The Balaban J connectivity index is 1.78. The first-order chi connectivity index (χ1) is 11.1. The number of aromatic nitrogens is 2. The Labute approximate surface area is 143 Å². The Morgan fingerprint density at radius 3 is 2.91 bits per heavy atom. The van der Waals surface area contributed by atoms with Crippen LogP contribution < -0.4 is 5.56 Å². The summed E-state index contributed by atoms with van der Waals surface area (Å²) in [4.78, 5) is 19.7. The summed E-state index contributed by atoms with van der Waals surface area (Å²) in [6, 6.07) is 7.59. The Morgan fingerprint density at radius 1 is 1.35 bits per heavy atom. The van der Waals surface area contributed by atoms with Gasteiger partial charge in [-0.2, -0.15) is 0 Å². The zero-order valence-corrected chi connectivity index (χ0v) is 14.5. The Morgan fingerprint density at radius 2 is 2.13 bits per heavy atom. The quantitative estimate of drug-likeness (QED) is 0.695. The number of benzene rings is 1. The third-order valence-electron chi connectivity index (χ3n) is 4.55. The molecule has 3 nitrogen and oxygen atoms in total. The fraction of sp³-hybridized carbons (Fsp3) is 0.333. The molecule has 1 aliphatic carbocycles. The molecule has 0 spiro atoms. The van der Waals surface area contributed by atoms with E-state index in [0.717, 1.165) is 35.0 Å². The topological polar surface area (TPSA) is 34.9 Å². The zero-order chi connectivity index (χ0) is 16.0. The second-order valence-corrected chi connectivity index (χ2v) is 7.86. The Bertz CT molecular complexity index is 927. The standard InChI is InChI=1S/C18H17ClN2OS/c1-11-2-7-14-15(8-11)23-17-16(14)18(22)21(10-20-17)9-12-3-5-13(19)6-4-12/h3-6,10-11H,2,7-9H2,1H3. The minimum atomic E-state index is 0.0806. The number of aryl methyl sites for hydroxylation is 1. The smallest absolute Gasteiger partial charge is 0.262 e. The molecule has 0 saturated heterocycles. The summed E-state index contributed by atoms with van der Waals surface area (Å²) >= 11 is 7.61. The third kappa shape index (κ3) is 2.70. The summed E-state index contributed by atoms with van der Waals surface area (Å²) in [5.74, 6) is 0.701. The van der Waals surface area contributed by atoms with Gasteiger partial charge in [0, 0.05) is 9.90 Å². The predicted octanol–water partition coefficient (Wildman–Crippen LogP) is 4.28. The van der Waals surface area contributed by atoms with Crippen LogP contribution in [0.15, 0.2) is 35.4 Å². The number of hydrogen-bond donors (Lipinski definition) is 0. The summed E-state index contributed by atoms with van der Waals surface area (Å²) < 4.78 is 1.70. The van der Waals surface area contributed by atoms with Gasteiger partial charge in [-0.05, 0) is 48.4 Å². The molecule has 23 heavy (non-hydrogen) atoms. The van der Waals surface area contributed by atoms with Gasteiger partial charge in [-0.25, -0.2) is 4.98 Å². The van der Waals surface area contributed by atoms with Crippen molar-refractivity contribution < 1.29 is 0 Å². The number of fused-ring (bicyclic) bond motifs is 3. The molecule has 0 bridgehead atoms. The van der Waals surface area contributed by atoms with Gasteiger partial charge in [0.25, 0.3) is 5.56 Å². The van der Waals surface area contributed by atoms with Crippen molar-refractivity contribution >= 4 is 33.2 Å². The molecule has 4 rings (SSSR count). The number of hydrogen-bond acceptors (Lipinski definition) is 3. The molecule has 1 atom stereocenters. The van der Waals surface area contributed by atoms with Crippen molar-refractivity contribution in [3.8, 4) is 0 Å². The van der Waals surface area contributed by atoms with Gasteiger partial charge in [-0.15, -0.1) is 11.3 Å². The van der Waals surface area contributed by atoms with E-state index >= 15 is 0 Å². The lowest BCUT2D eigenvalue weighted by atomic mass is 9.89. The molecule has 3 aromatic rings. The van der Waals surface area contributed by atoms with E-state index in [1.165, 1.54) is 10.4 Å². The summed E-state index contributed by atoms with van der Waals surface area (Å²) in [7, 11) is 0. The van der Waals surface area contributed by atoms with Crippen LogP contribution >= 0.6 is 22.9 Å². The van der Waals surface area contributed by atoms with Crippen molar-refractivity contribution in [2.45, 2.75) is 32.7 Å². The molecule has 1 unspecified atom stereocenters. The molecule has 0 radical (unpaired) electrons. The monoisotopic (exact) mass is 344 g/mol. The van der Waals surface area contributed by atoms with Crippen molar-refractivity contribution in [3.05, 3.63) is 62.0 Å². The van der Waals surface area contributed by atoms with E-state index in [9.17, 15) is 4.79 Å². The summed E-state index contributed by atoms with van der Waals surface area (Å²) in [6.45, 7) is 2.81. The molecule has 118 valence electrons. The van der Waals surface area contributed by atoms with Gasteiger partial charge in [0.05, 0.1) is 18.3 Å². The molecule has 2 heterocycles. The van der Waals surface area contributed by atoms with E-state index in [1.807, 2.05) is 24.3 Å². The summed E-state index contributed by atoms with van der Waals surface area (Å²) in [6.07, 6.45) is 4.90. The van der Waals surface area contributed by atoms with E-state index in [4.69, 9.17) is 11.6 Å². The second kappa shape index (κ2) is 5.77. The first-order valence-corrected chi connectivity index (χ1v) is 9.05. The first-order valence-electron chi connectivity index (χ1n) is 7.86. The number of rotatable bonds is 2. The van der Waals surface area contributed by atoms with Crippen molar-refractivity contribution in [1.29, 1.82) is 0 Å². The van der Waals surface area contributed by atoms with Crippen molar-refractivity contribution in [1.82, 2.24) is 9.55 Å². The average molecular weight is 345 g/mol.